The molecular weight excluding hydrogens is 84.0 g/mol. The van der Waals surface area contributed by atoms with Crippen LogP contribution in [0.4, 0.5) is 4.79 Å². The molecule has 32 valence electrons. The van der Waals surface area contributed by atoms with E-state index in [1.807, 2.05) is 0 Å². The molecule has 0 unspecified atom stereocenters. The Hall–Kier alpha value is -1.22. The molecule has 0 aromatic rings. The van der Waals surface area contributed by atoms with Gasteiger partial charge in [-0.3, -0.25) is 4.79 Å². The van der Waals surface area contributed by atoms with Crippen molar-refractivity contribution in [3.8, 4) is 0 Å². The molecule has 2 N–H and O–H groups in total. The van der Waals surface area contributed by atoms with Gasteiger partial charge in [-0.05, 0) is 5.53 Å². The number of hydrogen-bond donors (Lipinski definition) is 1. The summed E-state index contributed by atoms with van der Waals surface area (Å²) in [6, 6.07) is -1.24. The third-order valence-electron chi connectivity index (χ3n) is 0.130. The lowest BCUT2D eigenvalue weighted by atomic mass is 11.2. The Kier molecular flexibility index (Phi) is 0.697. The summed E-state index contributed by atoms with van der Waals surface area (Å²) in [7, 11) is 0. The summed E-state index contributed by atoms with van der Waals surface area (Å²) in [6.07, 6.45) is 0. The predicted molar refractivity (Wildman–Crippen MR) is 18.7 cm³/mol. The van der Waals surface area contributed by atoms with Crippen LogP contribution in [0.25, 0.3) is 10.4 Å². The fourth-order valence-electron chi connectivity index (χ4n) is 0.0383. The second-order valence-corrected chi connectivity index (χ2v) is 0.472. The Balaban J connectivity index is 3.84. The van der Waals surface area contributed by atoms with Crippen LogP contribution >= 0.6 is 0 Å². The van der Waals surface area contributed by atoms with E-state index in [0.717, 1.165) is 0 Å². The molecule has 5 heteroatoms. The van der Waals surface area contributed by atoms with Crippen molar-refractivity contribution < 1.29 is 7.62 Å². The lowest BCUT2D eigenvalue weighted by Gasteiger charge is -1.64. The van der Waals surface area contributed by atoms with Crippen molar-refractivity contribution in [3.63, 3.8) is 0 Å². The van der Waals surface area contributed by atoms with Gasteiger partial charge in [0.2, 0.25) is 0 Å². The highest BCUT2D eigenvalue weighted by molar-refractivity contribution is 5.72. The molecule has 6 heavy (non-hydrogen) atoms. The van der Waals surface area contributed by atoms with E-state index in [-0.39, 0.29) is 5.72 Å². The first-order valence-corrected chi connectivity index (χ1v) is 1.05. The second kappa shape index (κ2) is 2.04. The standard InChI is InChI=1S/CH2N4O/c2-1(6)4-5-3/h(H2,2,6)/i/hD2. The van der Waals surface area contributed by atoms with Gasteiger partial charge < -0.3 is 5.72 Å². The van der Waals surface area contributed by atoms with Crippen LogP contribution in [0.1, 0.15) is 0 Å². The van der Waals surface area contributed by atoms with Gasteiger partial charge in [-0.25, -0.2) is 0 Å². The summed E-state index contributed by atoms with van der Waals surface area (Å²) in [5.41, 5.74) is 7.22. The van der Waals surface area contributed by atoms with E-state index in [1.165, 1.54) is 0 Å². The van der Waals surface area contributed by atoms with Crippen molar-refractivity contribution in [1.29, 1.82) is 0 Å². The Labute approximate surface area is 36.3 Å². The first-order chi connectivity index (χ1) is 3.68. The van der Waals surface area contributed by atoms with Crippen LogP contribution in [0.2, 0.25) is 2.82 Å². The minimum atomic E-state index is -1.24. The third kappa shape index (κ3) is 2.78. The summed E-state index contributed by atoms with van der Waals surface area (Å²) in [6.45, 7) is 0. The van der Waals surface area contributed by atoms with Crippen LogP contribution in [0, 0.1) is 0 Å². The summed E-state index contributed by atoms with van der Waals surface area (Å²) in [5, 5.41) is 2.42. The van der Waals surface area contributed by atoms with Crippen molar-refractivity contribution >= 4 is 6.03 Å². The zero-order valence-electron chi connectivity index (χ0n) is 4.70. The molecule has 0 atom stereocenters. The zero-order chi connectivity index (χ0) is 6.57. The molecule has 0 fully saturated rings. The van der Waals surface area contributed by atoms with E-state index < -0.39 is 6.03 Å². The average molecular weight is 88.1 g/mol. The number of hydrogen-bond acceptors (Lipinski definition) is 1. The van der Waals surface area contributed by atoms with Crippen molar-refractivity contribution in [1.82, 2.24) is 0 Å². The highest BCUT2D eigenvalue weighted by Crippen LogP contribution is 1.63. The largest absolute Gasteiger partial charge is 0.364 e. The number of carbonyl (C=O) groups excluding carboxylic acids is 1. The molecule has 0 aromatic carbocycles. The molecule has 0 radical (unpaired) electrons. The minimum Gasteiger partial charge on any atom is -0.364 e. The molecule has 0 aliphatic heterocycles. The van der Waals surface area contributed by atoms with Crippen molar-refractivity contribution in [2.45, 2.75) is 0 Å². The maximum atomic E-state index is 9.87. The number of primary amides is 1. The third-order valence-corrected chi connectivity index (χ3v) is 0.130. The van der Waals surface area contributed by atoms with E-state index in [4.69, 9.17) is 8.35 Å². The lowest BCUT2D eigenvalue weighted by Crippen LogP contribution is -2.00. The molecule has 0 saturated heterocycles. The van der Waals surface area contributed by atoms with Crippen molar-refractivity contribution in [2.24, 2.45) is 10.8 Å². The van der Waals surface area contributed by atoms with Crippen molar-refractivity contribution in [3.05, 3.63) is 10.4 Å². The molecular formula is CH2N4O. The molecule has 0 rings (SSSR count). The molecule has 2 amide bonds. The molecule has 0 aromatic heterocycles. The number of nitrogens with zero attached hydrogens (tertiary/aromatic N) is 3. The summed E-state index contributed by atoms with van der Waals surface area (Å²) in [4.78, 5) is 11.9. The van der Waals surface area contributed by atoms with E-state index in [9.17, 15) is 4.79 Å². The minimum absolute atomic E-state index is 0.306. The van der Waals surface area contributed by atoms with Gasteiger partial charge in [0.15, 0.2) is 2.82 Å². The molecule has 0 spiro atoms. The highest BCUT2D eigenvalue weighted by Gasteiger charge is 1.75. The molecule has 0 aliphatic carbocycles. The topological polar surface area (TPSA) is 91.9 Å². The first kappa shape index (κ1) is 2.04. The summed E-state index contributed by atoms with van der Waals surface area (Å²) < 4.78 is 12.3. The van der Waals surface area contributed by atoms with Gasteiger partial charge in [-0.15, -0.1) is 0 Å². The van der Waals surface area contributed by atoms with Crippen LogP contribution < -0.4 is 5.72 Å². The zero-order valence-corrected chi connectivity index (χ0v) is 2.70. The van der Waals surface area contributed by atoms with E-state index in [0.29, 0.717) is 0 Å². The summed E-state index contributed by atoms with van der Waals surface area (Å²) in [5.74, 6) is 0. The van der Waals surface area contributed by atoms with Crippen LogP contribution in [-0.4, -0.2) is 6.03 Å². The average Bonchev–Trinajstić information content (AvgIpc) is 1.67. The number of nitrogens with two attached hydrogens (primary N) is 1. The van der Waals surface area contributed by atoms with Gasteiger partial charge in [0.1, 0.15) is 0 Å². The van der Waals surface area contributed by atoms with Gasteiger partial charge in [-0.1, -0.05) is 0 Å². The lowest BCUT2D eigenvalue weighted by molar-refractivity contribution is 0.256. The summed E-state index contributed by atoms with van der Waals surface area (Å²) >= 11 is 0. The van der Waals surface area contributed by atoms with E-state index >= 15 is 0 Å². The first-order valence-electron chi connectivity index (χ1n) is 1.95. The Morgan fingerprint density at radius 3 is 3.17 bits per heavy atom. The SMILES string of the molecule is [2H]N([2H])C(=O)N=[N+]=[N-]. The monoisotopic (exact) mass is 88.0 g/mol. The van der Waals surface area contributed by atoms with Gasteiger partial charge in [0, 0.05) is 10.0 Å². The van der Waals surface area contributed by atoms with Gasteiger partial charge in [-0.2, -0.15) is 0 Å². The number of carbonyl (C=O) groups is 1. The number of azide groups is 1. The number of amides is 2. The maximum absolute atomic E-state index is 9.87. The number of rotatable bonds is 0. The normalized spacial score (nSPS) is 10.0. The Bertz CT molecular complexity index is 137. The fourth-order valence-corrected chi connectivity index (χ4v) is 0.0383. The van der Waals surface area contributed by atoms with Gasteiger partial charge >= 0.3 is 6.03 Å². The molecule has 0 bridgehead atoms. The van der Waals surface area contributed by atoms with Crippen LogP contribution in [0.15, 0.2) is 5.11 Å². The quantitative estimate of drug-likeness (QED) is 0.258. The molecule has 5 nitrogen and oxygen atoms in total. The maximum Gasteiger partial charge on any atom is 0.305 e. The Morgan fingerprint density at radius 2 is 3.00 bits per heavy atom. The number of urea groups is 1. The molecule has 0 heterocycles. The van der Waals surface area contributed by atoms with Gasteiger partial charge in [0.25, 0.3) is 0 Å². The van der Waals surface area contributed by atoms with E-state index in [1.54, 1.807) is 0 Å². The smallest absolute Gasteiger partial charge is 0.305 e. The van der Waals surface area contributed by atoms with Crippen LogP contribution in [0.3, 0.4) is 0 Å². The Morgan fingerprint density at radius 1 is 2.33 bits per heavy atom. The molecule has 0 saturated carbocycles. The predicted octanol–water partition coefficient (Wildman–Crippen LogP) is 0.375. The fraction of sp³-hybridized carbons (Fsp3) is 0. The van der Waals surface area contributed by atoms with Crippen molar-refractivity contribution in [2.75, 3.05) is 0 Å². The van der Waals surface area contributed by atoms with E-state index in [2.05, 4.69) is 10.0 Å². The molecule has 0 aliphatic rings. The highest BCUT2D eigenvalue weighted by atomic mass is 16.2. The second-order valence-electron chi connectivity index (χ2n) is 0.472. The van der Waals surface area contributed by atoms with Crippen LogP contribution in [0.5, 0.6) is 0 Å². The van der Waals surface area contributed by atoms with Gasteiger partial charge in [0.05, 0.1) is 0 Å². The van der Waals surface area contributed by atoms with Crippen LogP contribution in [-0.2, 0) is 0 Å².